The zero-order valence-corrected chi connectivity index (χ0v) is 14.3. The van der Waals surface area contributed by atoms with E-state index in [0.29, 0.717) is 29.4 Å². The largest absolute Gasteiger partial charge is 0.352 e. The Bertz CT molecular complexity index is 709. The molecule has 126 valence electrons. The Morgan fingerprint density at radius 2 is 1.79 bits per heavy atom. The minimum atomic E-state index is -0.104. The lowest BCUT2D eigenvalue weighted by atomic mass is 10.1. The predicted octanol–water partition coefficient (Wildman–Crippen LogP) is 3.80. The molecule has 5 nitrogen and oxygen atoms in total. The maximum absolute atomic E-state index is 12.1. The Morgan fingerprint density at radius 3 is 2.42 bits per heavy atom. The van der Waals surface area contributed by atoms with Crippen molar-refractivity contribution in [2.45, 2.75) is 27.2 Å². The maximum atomic E-state index is 12.1. The summed E-state index contributed by atoms with van der Waals surface area (Å²) in [5.74, 6) is 1.06. The van der Waals surface area contributed by atoms with Crippen LogP contribution in [-0.4, -0.2) is 23.2 Å². The van der Waals surface area contributed by atoms with E-state index in [0.717, 1.165) is 12.1 Å². The molecule has 0 aliphatic heterocycles. The first-order valence-electron chi connectivity index (χ1n) is 8.08. The Kier molecular flexibility index (Phi) is 6.07. The van der Waals surface area contributed by atoms with Crippen LogP contribution in [0.5, 0.6) is 0 Å². The number of hydrogen-bond donors (Lipinski definition) is 2. The van der Waals surface area contributed by atoms with Crippen LogP contribution in [0.1, 0.15) is 47.9 Å². The summed E-state index contributed by atoms with van der Waals surface area (Å²) in [4.78, 5) is 27.7. The standard InChI is InChI=1S/C19H23N3O2/c1-13(2)8-10-21-19(24)16-9-11-20-18(12-16)22-17-6-4-15(5-7-17)14(3)23/h4-7,9,11-13H,8,10H2,1-3H3,(H,20,22)(H,21,24). The lowest BCUT2D eigenvalue weighted by Gasteiger charge is -2.09. The molecule has 0 bridgehead atoms. The van der Waals surface area contributed by atoms with Crippen LogP contribution >= 0.6 is 0 Å². The quantitative estimate of drug-likeness (QED) is 0.760. The van der Waals surface area contributed by atoms with Crippen LogP contribution in [0.3, 0.4) is 0 Å². The van der Waals surface area contributed by atoms with Crippen LogP contribution in [0.15, 0.2) is 42.6 Å². The molecule has 24 heavy (non-hydrogen) atoms. The molecule has 0 saturated heterocycles. The topological polar surface area (TPSA) is 71.1 Å². The van der Waals surface area contributed by atoms with Gasteiger partial charge in [0.25, 0.3) is 5.91 Å². The lowest BCUT2D eigenvalue weighted by molar-refractivity contribution is 0.0951. The third kappa shape index (κ3) is 5.19. The Hall–Kier alpha value is -2.69. The number of nitrogens with one attached hydrogen (secondary N) is 2. The minimum Gasteiger partial charge on any atom is -0.352 e. The van der Waals surface area contributed by atoms with Crippen molar-refractivity contribution in [3.63, 3.8) is 0 Å². The number of nitrogens with zero attached hydrogens (tertiary/aromatic N) is 1. The molecular weight excluding hydrogens is 302 g/mol. The number of rotatable bonds is 7. The number of Topliss-reactive ketones (excluding diaryl/α,β-unsaturated/α-hetero) is 1. The molecule has 0 spiro atoms. The molecule has 1 aromatic carbocycles. The smallest absolute Gasteiger partial charge is 0.251 e. The fourth-order valence-electron chi connectivity index (χ4n) is 2.15. The highest BCUT2D eigenvalue weighted by molar-refractivity contribution is 5.95. The second kappa shape index (κ2) is 8.24. The molecule has 1 amide bonds. The first kappa shape index (κ1) is 17.7. The van der Waals surface area contributed by atoms with Crippen molar-refractivity contribution in [1.82, 2.24) is 10.3 Å². The SMILES string of the molecule is CC(=O)c1ccc(Nc2cc(C(=O)NCCC(C)C)ccn2)cc1. The van der Waals surface area contributed by atoms with Crippen molar-refractivity contribution in [2.24, 2.45) is 5.92 Å². The molecule has 0 aliphatic rings. The molecule has 1 heterocycles. The lowest BCUT2D eigenvalue weighted by Crippen LogP contribution is -2.25. The van der Waals surface area contributed by atoms with E-state index in [9.17, 15) is 9.59 Å². The number of amides is 1. The molecule has 0 radical (unpaired) electrons. The van der Waals surface area contributed by atoms with Gasteiger partial charge in [0, 0.05) is 29.6 Å². The second-order valence-corrected chi connectivity index (χ2v) is 6.13. The van der Waals surface area contributed by atoms with Crippen molar-refractivity contribution >= 4 is 23.2 Å². The minimum absolute atomic E-state index is 0.0275. The molecule has 2 aromatic rings. The van der Waals surface area contributed by atoms with Gasteiger partial charge in [-0.25, -0.2) is 4.98 Å². The second-order valence-electron chi connectivity index (χ2n) is 6.13. The Labute approximate surface area is 142 Å². The van der Waals surface area contributed by atoms with Gasteiger partial charge in [-0.3, -0.25) is 9.59 Å². The van der Waals surface area contributed by atoms with E-state index < -0.39 is 0 Å². The van der Waals surface area contributed by atoms with E-state index in [1.807, 2.05) is 12.1 Å². The monoisotopic (exact) mass is 325 g/mol. The average molecular weight is 325 g/mol. The molecule has 0 aliphatic carbocycles. The number of benzene rings is 1. The average Bonchev–Trinajstić information content (AvgIpc) is 2.55. The molecular formula is C19H23N3O2. The third-order valence-electron chi connectivity index (χ3n) is 3.59. The first-order chi connectivity index (χ1) is 11.5. The fraction of sp³-hybridized carbons (Fsp3) is 0.316. The maximum Gasteiger partial charge on any atom is 0.251 e. The number of carbonyl (C=O) groups excluding carboxylic acids is 2. The Morgan fingerprint density at radius 1 is 1.08 bits per heavy atom. The zero-order valence-electron chi connectivity index (χ0n) is 14.3. The van der Waals surface area contributed by atoms with Gasteiger partial charge in [-0.15, -0.1) is 0 Å². The highest BCUT2D eigenvalue weighted by atomic mass is 16.1. The van der Waals surface area contributed by atoms with Crippen molar-refractivity contribution in [3.8, 4) is 0 Å². The summed E-state index contributed by atoms with van der Waals surface area (Å²) in [6, 6.07) is 10.5. The summed E-state index contributed by atoms with van der Waals surface area (Å²) >= 11 is 0. The van der Waals surface area contributed by atoms with Crippen molar-refractivity contribution < 1.29 is 9.59 Å². The van der Waals surface area contributed by atoms with Gasteiger partial charge in [0.15, 0.2) is 5.78 Å². The summed E-state index contributed by atoms with van der Waals surface area (Å²) in [6.45, 7) is 6.44. The third-order valence-corrected chi connectivity index (χ3v) is 3.59. The Balaban J connectivity index is 2.01. The van der Waals surface area contributed by atoms with Gasteiger partial charge in [0.1, 0.15) is 5.82 Å². The van der Waals surface area contributed by atoms with Gasteiger partial charge in [-0.2, -0.15) is 0 Å². The summed E-state index contributed by atoms with van der Waals surface area (Å²) in [5.41, 5.74) is 2.04. The van der Waals surface area contributed by atoms with Crippen molar-refractivity contribution in [2.75, 3.05) is 11.9 Å². The normalized spacial score (nSPS) is 10.5. The van der Waals surface area contributed by atoms with Crippen LogP contribution < -0.4 is 10.6 Å². The highest BCUT2D eigenvalue weighted by Gasteiger charge is 2.07. The number of anilines is 2. The number of ketones is 1. The molecule has 0 saturated carbocycles. The molecule has 2 rings (SSSR count). The first-order valence-corrected chi connectivity index (χ1v) is 8.08. The van der Waals surface area contributed by atoms with E-state index in [-0.39, 0.29) is 11.7 Å². The van der Waals surface area contributed by atoms with E-state index in [2.05, 4.69) is 29.5 Å². The number of pyridine rings is 1. The van der Waals surface area contributed by atoms with Gasteiger partial charge in [-0.05, 0) is 55.7 Å². The van der Waals surface area contributed by atoms with E-state index in [1.165, 1.54) is 6.92 Å². The van der Waals surface area contributed by atoms with E-state index >= 15 is 0 Å². The van der Waals surface area contributed by atoms with E-state index in [1.54, 1.807) is 30.5 Å². The molecule has 1 aromatic heterocycles. The van der Waals surface area contributed by atoms with Gasteiger partial charge < -0.3 is 10.6 Å². The summed E-state index contributed by atoms with van der Waals surface area (Å²) in [7, 11) is 0. The molecule has 0 unspecified atom stereocenters. The van der Waals surface area contributed by atoms with Crippen LogP contribution in [-0.2, 0) is 0 Å². The van der Waals surface area contributed by atoms with Crippen LogP contribution in [0.25, 0.3) is 0 Å². The van der Waals surface area contributed by atoms with Gasteiger partial charge in [-0.1, -0.05) is 13.8 Å². The molecule has 0 atom stereocenters. The van der Waals surface area contributed by atoms with E-state index in [4.69, 9.17) is 0 Å². The fourth-order valence-corrected chi connectivity index (χ4v) is 2.15. The number of hydrogen-bond acceptors (Lipinski definition) is 4. The van der Waals surface area contributed by atoms with Crippen LogP contribution in [0, 0.1) is 5.92 Å². The highest BCUT2D eigenvalue weighted by Crippen LogP contribution is 2.16. The number of aromatic nitrogens is 1. The number of carbonyl (C=O) groups is 2. The summed E-state index contributed by atoms with van der Waals surface area (Å²) in [5, 5.41) is 6.05. The van der Waals surface area contributed by atoms with Gasteiger partial charge in [0.05, 0.1) is 0 Å². The summed E-state index contributed by atoms with van der Waals surface area (Å²) in [6.07, 6.45) is 2.55. The summed E-state index contributed by atoms with van der Waals surface area (Å²) < 4.78 is 0. The van der Waals surface area contributed by atoms with Gasteiger partial charge >= 0.3 is 0 Å². The predicted molar refractivity (Wildman–Crippen MR) is 95.8 cm³/mol. The van der Waals surface area contributed by atoms with Crippen molar-refractivity contribution in [3.05, 3.63) is 53.7 Å². The molecule has 0 fully saturated rings. The van der Waals surface area contributed by atoms with Crippen molar-refractivity contribution in [1.29, 1.82) is 0 Å². The van der Waals surface area contributed by atoms with Crippen LogP contribution in [0.2, 0.25) is 0 Å². The van der Waals surface area contributed by atoms with Gasteiger partial charge in [0.2, 0.25) is 0 Å². The zero-order chi connectivity index (χ0) is 17.5. The molecule has 5 heteroatoms. The van der Waals surface area contributed by atoms with Crippen LogP contribution in [0.4, 0.5) is 11.5 Å². The molecule has 2 N–H and O–H groups in total.